The number of benzene rings is 2. The quantitative estimate of drug-likeness (QED) is 0.406. The van der Waals surface area contributed by atoms with E-state index < -0.39 is 10.0 Å². The van der Waals surface area contributed by atoms with Gasteiger partial charge < -0.3 is 4.74 Å². The number of anilines is 1. The van der Waals surface area contributed by atoms with Crippen LogP contribution in [0.15, 0.2) is 59.8 Å². The summed E-state index contributed by atoms with van der Waals surface area (Å²) in [5.74, 6) is 1.50. The fraction of sp³-hybridized carbons (Fsp3) is 0.269. The zero-order valence-corrected chi connectivity index (χ0v) is 20.8. The Balaban J connectivity index is 1.30. The van der Waals surface area contributed by atoms with Crippen LogP contribution in [0.2, 0.25) is 0 Å². The number of hydrogen-bond donors (Lipinski definition) is 1. The number of rotatable bonds is 6. The Bertz CT molecular complexity index is 1490. The summed E-state index contributed by atoms with van der Waals surface area (Å²) in [4.78, 5) is 8.78. The predicted molar refractivity (Wildman–Crippen MR) is 134 cm³/mol. The van der Waals surface area contributed by atoms with E-state index in [1.54, 1.807) is 47.1 Å². The molecule has 0 bridgehead atoms. The lowest BCUT2D eigenvalue weighted by Gasteiger charge is -2.17. The van der Waals surface area contributed by atoms with E-state index in [1.807, 2.05) is 26.8 Å². The third-order valence-electron chi connectivity index (χ3n) is 6.46. The van der Waals surface area contributed by atoms with Gasteiger partial charge in [-0.1, -0.05) is 6.07 Å². The summed E-state index contributed by atoms with van der Waals surface area (Å²) >= 11 is 0. The number of fused-ring (bicyclic) bond motifs is 1. The molecule has 0 fully saturated rings. The Morgan fingerprint density at radius 1 is 0.914 bits per heavy atom. The predicted octanol–water partition coefficient (Wildman–Crippen LogP) is 5.06. The van der Waals surface area contributed by atoms with Crippen LogP contribution in [-0.2, 0) is 22.9 Å². The van der Waals surface area contributed by atoms with Crippen LogP contribution in [0.3, 0.4) is 0 Å². The van der Waals surface area contributed by atoms with Crippen LogP contribution in [0.4, 0.5) is 5.69 Å². The molecule has 0 atom stereocenters. The van der Waals surface area contributed by atoms with Crippen LogP contribution < -0.4 is 9.46 Å². The van der Waals surface area contributed by atoms with Crippen LogP contribution >= 0.6 is 0 Å². The summed E-state index contributed by atoms with van der Waals surface area (Å²) < 4.78 is 36.1. The monoisotopic (exact) mass is 489 g/mol. The average molecular weight is 490 g/mol. The number of nitrogens with one attached hydrogen (secondary N) is 1. The third-order valence-corrected chi connectivity index (χ3v) is 7.84. The molecular formula is C26H27N5O3S. The lowest BCUT2D eigenvalue weighted by Crippen LogP contribution is -2.14. The molecule has 35 heavy (non-hydrogen) atoms. The topological polar surface area (TPSA) is 99.0 Å². The lowest BCUT2D eigenvalue weighted by molar-refractivity contribution is 0.460. The highest BCUT2D eigenvalue weighted by atomic mass is 32.2. The molecule has 1 aliphatic carbocycles. The van der Waals surface area contributed by atoms with Gasteiger partial charge in [0.05, 0.1) is 10.6 Å². The first-order valence-electron chi connectivity index (χ1n) is 11.6. The van der Waals surface area contributed by atoms with Crippen molar-refractivity contribution in [1.29, 1.82) is 0 Å². The van der Waals surface area contributed by atoms with Crippen molar-refractivity contribution >= 4 is 15.7 Å². The molecule has 2 heterocycles. The molecular weight excluding hydrogens is 462 g/mol. The number of aromatic nitrogens is 4. The van der Waals surface area contributed by atoms with Gasteiger partial charge in [-0.05, 0) is 99.5 Å². The van der Waals surface area contributed by atoms with E-state index >= 15 is 0 Å². The lowest BCUT2D eigenvalue weighted by atomic mass is 9.92. The molecule has 4 aromatic rings. The van der Waals surface area contributed by atoms with Gasteiger partial charge in [-0.25, -0.2) is 23.1 Å². The number of aryl methyl sites for hydroxylation is 3. The van der Waals surface area contributed by atoms with Crippen molar-refractivity contribution in [3.8, 4) is 17.4 Å². The first-order valence-corrected chi connectivity index (χ1v) is 13.1. The molecule has 0 radical (unpaired) electrons. The molecule has 0 unspecified atom stereocenters. The zero-order valence-electron chi connectivity index (χ0n) is 19.9. The molecule has 2 aromatic heterocycles. The minimum atomic E-state index is -3.68. The highest BCUT2D eigenvalue weighted by molar-refractivity contribution is 7.92. The van der Waals surface area contributed by atoms with E-state index in [1.165, 1.54) is 11.9 Å². The Morgan fingerprint density at radius 3 is 2.37 bits per heavy atom. The molecule has 8 nitrogen and oxygen atoms in total. The molecule has 0 amide bonds. The zero-order chi connectivity index (χ0) is 24.6. The smallest absolute Gasteiger partial charge is 0.261 e. The highest BCUT2D eigenvalue weighted by Crippen LogP contribution is 2.27. The maximum atomic E-state index is 12.9. The van der Waals surface area contributed by atoms with Gasteiger partial charge in [-0.3, -0.25) is 4.72 Å². The van der Waals surface area contributed by atoms with E-state index in [-0.39, 0.29) is 4.90 Å². The number of ether oxygens (including phenoxy) is 1. The van der Waals surface area contributed by atoms with Gasteiger partial charge in [0, 0.05) is 17.4 Å². The minimum absolute atomic E-state index is 0.284. The van der Waals surface area contributed by atoms with Crippen molar-refractivity contribution < 1.29 is 13.2 Å². The van der Waals surface area contributed by atoms with Crippen molar-refractivity contribution in [2.45, 2.75) is 51.3 Å². The summed E-state index contributed by atoms with van der Waals surface area (Å²) in [5.41, 5.74) is 5.89. The van der Waals surface area contributed by atoms with E-state index in [2.05, 4.69) is 19.8 Å². The van der Waals surface area contributed by atoms with Crippen LogP contribution in [0.25, 0.3) is 5.82 Å². The second-order valence-corrected chi connectivity index (χ2v) is 10.5. The Morgan fingerprint density at radius 2 is 1.66 bits per heavy atom. The number of hydrogen-bond acceptors (Lipinski definition) is 6. The van der Waals surface area contributed by atoms with Crippen molar-refractivity contribution in [3.05, 3.63) is 82.9 Å². The van der Waals surface area contributed by atoms with E-state index in [0.29, 0.717) is 23.1 Å². The van der Waals surface area contributed by atoms with Gasteiger partial charge in [0.15, 0.2) is 5.82 Å². The Labute approximate surface area is 205 Å². The average Bonchev–Trinajstić information content (AvgIpc) is 3.12. The summed E-state index contributed by atoms with van der Waals surface area (Å²) in [6.45, 7) is 5.97. The van der Waals surface area contributed by atoms with Gasteiger partial charge in [-0.15, -0.1) is 0 Å². The molecule has 5 rings (SSSR count). The molecule has 1 aliphatic rings. The molecule has 1 N–H and O–H groups in total. The Kier molecular flexibility index (Phi) is 6.02. The van der Waals surface area contributed by atoms with Gasteiger partial charge in [-0.2, -0.15) is 5.10 Å². The first-order chi connectivity index (χ1) is 16.8. The first kappa shape index (κ1) is 23.0. The van der Waals surface area contributed by atoms with Crippen molar-refractivity contribution in [1.82, 2.24) is 19.7 Å². The normalized spacial score (nSPS) is 13.3. The van der Waals surface area contributed by atoms with Crippen molar-refractivity contribution in [2.75, 3.05) is 4.72 Å². The van der Waals surface area contributed by atoms with Crippen LogP contribution in [0.5, 0.6) is 11.6 Å². The van der Waals surface area contributed by atoms with E-state index in [4.69, 9.17) is 4.74 Å². The van der Waals surface area contributed by atoms with E-state index in [9.17, 15) is 8.42 Å². The van der Waals surface area contributed by atoms with Crippen LogP contribution in [0.1, 0.15) is 40.9 Å². The van der Waals surface area contributed by atoms with Gasteiger partial charge in [0.25, 0.3) is 10.0 Å². The van der Waals surface area contributed by atoms with Gasteiger partial charge in [0.1, 0.15) is 12.1 Å². The summed E-state index contributed by atoms with van der Waals surface area (Å²) in [6, 6.07) is 13.8. The molecule has 0 saturated heterocycles. The highest BCUT2D eigenvalue weighted by Gasteiger charge is 2.18. The van der Waals surface area contributed by atoms with Crippen molar-refractivity contribution in [3.63, 3.8) is 0 Å². The second-order valence-electron chi connectivity index (χ2n) is 8.79. The third kappa shape index (κ3) is 4.77. The number of sulfonamides is 1. The molecule has 0 aliphatic heterocycles. The van der Waals surface area contributed by atoms with Crippen LogP contribution in [-0.4, -0.2) is 28.2 Å². The van der Waals surface area contributed by atoms with E-state index in [0.717, 1.165) is 48.2 Å². The summed E-state index contributed by atoms with van der Waals surface area (Å²) in [5, 5.41) is 4.53. The minimum Gasteiger partial charge on any atom is -0.439 e. The Hall–Kier alpha value is -3.72. The molecule has 180 valence electrons. The standard InChI is InChI=1S/C26H27N5O3S/c1-17-18(2)29-31(19(17)3)25-15-26(28-16-27-25)34-23-11-9-22(10-12-23)30-35(32,33)24-13-8-20-6-4-5-7-21(20)14-24/h8-16,30H,4-7H2,1-3H3. The fourth-order valence-corrected chi connectivity index (χ4v) is 5.36. The number of nitrogens with zero attached hydrogens (tertiary/aromatic N) is 4. The molecule has 0 saturated carbocycles. The summed E-state index contributed by atoms with van der Waals surface area (Å²) in [7, 11) is -3.68. The second kappa shape index (κ2) is 9.14. The maximum Gasteiger partial charge on any atom is 0.261 e. The maximum absolute atomic E-state index is 12.9. The molecule has 0 spiro atoms. The van der Waals surface area contributed by atoms with Crippen LogP contribution in [0, 0.1) is 20.8 Å². The van der Waals surface area contributed by atoms with Crippen molar-refractivity contribution in [2.24, 2.45) is 0 Å². The van der Waals surface area contributed by atoms with Gasteiger partial charge in [0.2, 0.25) is 5.88 Å². The largest absolute Gasteiger partial charge is 0.439 e. The SMILES string of the molecule is Cc1nn(-c2cc(Oc3ccc(NS(=O)(=O)c4ccc5c(c4)CCCC5)cc3)ncn2)c(C)c1C. The van der Waals surface area contributed by atoms with Gasteiger partial charge >= 0.3 is 0 Å². The molecule has 2 aromatic carbocycles. The summed E-state index contributed by atoms with van der Waals surface area (Å²) in [6.07, 6.45) is 5.62. The molecule has 9 heteroatoms. The fourth-order valence-electron chi connectivity index (χ4n) is 4.25.